The lowest BCUT2D eigenvalue weighted by molar-refractivity contribution is 0.303. The number of benzene rings is 2. The first-order chi connectivity index (χ1) is 8.69. The second-order valence-electron chi connectivity index (χ2n) is 4.16. The third kappa shape index (κ3) is 3.23. The maximum atomic E-state index is 12.8. The van der Waals surface area contributed by atoms with Gasteiger partial charge in [0.1, 0.15) is 18.2 Å². The van der Waals surface area contributed by atoms with Crippen LogP contribution in [0.3, 0.4) is 0 Å². The van der Waals surface area contributed by atoms with Crippen molar-refractivity contribution in [2.45, 2.75) is 19.4 Å². The fourth-order valence-electron chi connectivity index (χ4n) is 1.70. The van der Waals surface area contributed by atoms with Gasteiger partial charge in [0.2, 0.25) is 0 Å². The average molecular weight is 265 g/mol. The highest BCUT2D eigenvalue weighted by molar-refractivity contribution is 6.17. The third-order valence-electron chi connectivity index (χ3n) is 2.67. The maximum Gasteiger partial charge on any atom is 0.124 e. The molecule has 0 radical (unpaired) electrons. The fourth-order valence-corrected chi connectivity index (χ4v) is 1.90. The molecule has 0 saturated carbocycles. The number of halogens is 2. The largest absolute Gasteiger partial charge is 0.489 e. The van der Waals surface area contributed by atoms with E-state index in [0.717, 1.165) is 22.4 Å². The van der Waals surface area contributed by atoms with Crippen LogP contribution in [0.15, 0.2) is 42.5 Å². The monoisotopic (exact) mass is 264 g/mol. The number of rotatable bonds is 4. The average Bonchev–Trinajstić information content (AvgIpc) is 2.39. The second kappa shape index (κ2) is 5.87. The molecule has 0 aliphatic carbocycles. The standard InChI is InChI=1S/C15H14ClFO/c1-11-2-7-15(13(8-11)9-16)18-10-12-3-5-14(17)6-4-12/h2-8H,9-10H2,1H3. The summed E-state index contributed by atoms with van der Waals surface area (Å²) in [5.74, 6) is 0.955. The highest BCUT2D eigenvalue weighted by Crippen LogP contribution is 2.22. The number of ether oxygens (including phenoxy) is 1. The molecule has 3 heteroatoms. The Hall–Kier alpha value is -1.54. The fraction of sp³-hybridized carbons (Fsp3) is 0.200. The van der Waals surface area contributed by atoms with E-state index < -0.39 is 0 Å². The minimum atomic E-state index is -0.240. The minimum Gasteiger partial charge on any atom is -0.489 e. The summed E-state index contributed by atoms with van der Waals surface area (Å²) in [7, 11) is 0. The molecule has 0 amide bonds. The van der Waals surface area contributed by atoms with Crippen molar-refractivity contribution in [3.63, 3.8) is 0 Å². The molecule has 0 saturated heterocycles. The lowest BCUT2D eigenvalue weighted by atomic mass is 10.1. The maximum absolute atomic E-state index is 12.8. The quantitative estimate of drug-likeness (QED) is 0.741. The van der Waals surface area contributed by atoms with E-state index in [0.29, 0.717) is 12.5 Å². The van der Waals surface area contributed by atoms with Crippen molar-refractivity contribution in [3.05, 3.63) is 65.0 Å². The van der Waals surface area contributed by atoms with Crippen LogP contribution in [-0.2, 0) is 12.5 Å². The Labute approximate surface area is 111 Å². The molecule has 18 heavy (non-hydrogen) atoms. The van der Waals surface area contributed by atoms with Crippen LogP contribution in [0.5, 0.6) is 5.75 Å². The van der Waals surface area contributed by atoms with Gasteiger partial charge >= 0.3 is 0 Å². The molecule has 94 valence electrons. The van der Waals surface area contributed by atoms with Crippen molar-refractivity contribution in [1.29, 1.82) is 0 Å². The van der Waals surface area contributed by atoms with Crippen molar-refractivity contribution in [2.24, 2.45) is 0 Å². The molecule has 0 atom stereocenters. The first-order valence-corrected chi connectivity index (χ1v) is 6.25. The zero-order valence-electron chi connectivity index (χ0n) is 10.1. The van der Waals surface area contributed by atoms with Crippen molar-refractivity contribution in [2.75, 3.05) is 0 Å². The Morgan fingerprint density at radius 1 is 1.11 bits per heavy atom. The first-order valence-electron chi connectivity index (χ1n) is 5.72. The van der Waals surface area contributed by atoms with Gasteiger partial charge in [-0.2, -0.15) is 0 Å². The summed E-state index contributed by atoms with van der Waals surface area (Å²) >= 11 is 5.88. The molecule has 0 bridgehead atoms. The predicted octanol–water partition coefficient (Wildman–Crippen LogP) is 4.45. The molecular formula is C15H14ClFO. The summed E-state index contributed by atoms with van der Waals surface area (Å²) in [4.78, 5) is 0. The highest BCUT2D eigenvalue weighted by atomic mass is 35.5. The summed E-state index contributed by atoms with van der Waals surface area (Å²) in [6.07, 6.45) is 0. The Balaban J connectivity index is 2.08. The number of alkyl halides is 1. The van der Waals surface area contributed by atoms with Crippen LogP contribution in [0.25, 0.3) is 0 Å². The predicted molar refractivity (Wildman–Crippen MR) is 71.5 cm³/mol. The molecular weight excluding hydrogens is 251 g/mol. The van der Waals surface area contributed by atoms with Crippen LogP contribution >= 0.6 is 11.6 Å². The lowest BCUT2D eigenvalue weighted by Crippen LogP contribution is -1.98. The van der Waals surface area contributed by atoms with Crippen LogP contribution in [-0.4, -0.2) is 0 Å². The van der Waals surface area contributed by atoms with Gasteiger partial charge in [0, 0.05) is 5.56 Å². The first kappa shape index (κ1) is 12.9. The number of hydrogen-bond acceptors (Lipinski definition) is 1. The Morgan fingerprint density at radius 3 is 2.50 bits per heavy atom. The van der Waals surface area contributed by atoms with Gasteiger partial charge in [0.15, 0.2) is 0 Å². The van der Waals surface area contributed by atoms with Gasteiger partial charge in [0.05, 0.1) is 5.88 Å². The van der Waals surface area contributed by atoms with Crippen LogP contribution < -0.4 is 4.74 Å². The molecule has 2 rings (SSSR count). The van der Waals surface area contributed by atoms with E-state index >= 15 is 0 Å². The molecule has 1 nitrogen and oxygen atoms in total. The Bertz CT molecular complexity index is 523. The summed E-state index contributed by atoms with van der Waals surface area (Å²) in [6.45, 7) is 2.42. The van der Waals surface area contributed by atoms with Gasteiger partial charge in [0.25, 0.3) is 0 Å². The third-order valence-corrected chi connectivity index (χ3v) is 2.96. The van der Waals surface area contributed by atoms with E-state index in [2.05, 4.69) is 0 Å². The van der Waals surface area contributed by atoms with E-state index in [1.807, 2.05) is 25.1 Å². The van der Waals surface area contributed by atoms with Gasteiger partial charge in [-0.25, -0.2) is 4.39 Å². The smallest absolute Gasteiger partial charge is 0.124 e. The van der Waals surface area contributed by atoms with Crippen LogP contribution in [0.2, 0.25) is 0 Å². The zero-order chi connectivity index (χ0) is 13.0. The van der Waals surface area contributed by atoms with Crippen molar-refractivity contribution >= 4 is 11.6 Å². The van der Waals surface area contributed by atoms with Gasteiger partial charge in [-0.15, -0.1) is 11.6 Å². The topological polar surface area (TPSA) is 9.23 Å². The molecule has 0 aliphatic rings. The Kier molecular flexibility index (Phi) is 4.21. The Morgan fingerprint density at radius 2 is 1.83 bits per heavy atom. The van der Waals surface area contributed by atoms with E-state index in [1.165, 1.54) is 12.1 Å². The molecule has 0 unspecified atom stereocenters. The molecule has 0 aliphatic heterocycles. The van der Waals surface area contributed by atoms with E-state index in [-0.39, 0.29) is 5.82 Å². The summed E-state index contributed by atoms with van der Waals surface area (Å²) in [6, 6.07) is 12.2. The molecule has 2 aromatic rings. The van der Waals surface area contributed by atoms with Crippen LogP contribution in [0.4, 0.5) is 4.39 Å². The van der Waals surface area contributed by atoms with E-state index in [1.54, 1.807) is 12.1 Å². The molecule has 0 N–H and O–H groups in total. The van der Waals surface area contributed by atoms with Gasteiger partial charge in [-0.1, -0.05) is 29.8 Å². The summed E-state index contributed by atoms with van der Waals surface area (Å²) in [5.41, 5.74) is 3.05. The van der Waals surface area contributed by atoms with Gasteiger partial charge in [-0.05, 0) is 30.7 Å². The van der Waals surface area contributed by atoms with Crippen LogP contribution in [0.1, 0.15) is 16.7 Å². The van der Waals surface area contributed by atoms with Gasteiger partial charge < -0.3 is 4.74 Å². The van der Waals surface area contributed by atoms with Crippen molar-refractivity contribution in [1.82, 2.24) is 0 Å². The number of aryl methyl sites for hydroxylation is 1. The SMILES string of the molecule is Cc1ccc(OCc2ccc(F)cc2)c(CCl)c1. The van der Waals surface area contributed by atoms with E-state index in [4.69, 9.17) is 16.3 Å². The highest BCUT2D eigenvalue weighted by Gasteiger charge is 2.03. The minimum absolute atomic E-state index is 0.240. The van der Waals surface area contributed by atoms with E-state index in [9.17, 15) is 4.39 Å². The lowest BCUT2D eigenvalue weighted by Gasteiger charge is -2.10. The van der Waals surface area contributed by atoms with Crippen LogP contribution in [0, 0.1) is 12.7 Å². The summed E-state index contributed by atoms with van der Waals surface area (Å²) < 4.78 is 18.5. The zero-order valence-corrected chi connectivity index (χ0v) is 10.9. The number of hydrogen-bond donors (Lipinski definition) is 0. The van der Waals surface area contributed by atoms with Gasteiger partial charge in [-0.3, -0.25) is 0 Å². The molecule has 0 aromatic heterocycles. The molecule has 0 spiro atoms. The molecule has 0 fully saturated rings. The molecule has 0 heterocycles. The van der Waals surface area contributed by atoms with Crippen molar-refractivity contribution < 1.29 is 9.13 Å². The molecule has 2 aromatic carbocycles. The summed E-state index contributed by atoms with van der Waals surface area (Å²) in [5, 5.41) is 0. The van der Waals surface area contributed by atoms with Crippen molar-refractivity contribution in [3.8, 4) is 5.75 Å². The second-order valence-corrected chi connectivity index (χ2v) is 4.43. The normalized spacial score (nSPS) is 10.4.